The first-order valence-electron chi connectivity index (χ1n) is 19.3. The number of ketones is 1. The van der Waals surface area contributed by atoms with Crippen molar-refractivity contribution in [3.8, 4) is 0 Å². The monoisotopic (exact) mass is 920 g/mol. The number of carbonyl (C=O) groups excluding carboxylic acids is 10. The maximum absolute atomic E-state index is 12.5. The molecule has 5 aromatic carbocycles. The summed E-state index contributed by atoms with van der Waals surface area (Å²) in [4.78, 5) is 122. The number of benzene rings is 5. The van der Waals surface area contributed by atoms with Crippen LogP contribution in [-0.2, 0) is 47.4 Å². The lowest BCUT2D eigenvalue weighted by Crippen LogP contribution is -2.15. The SMILES string of the molecule is COCOC(=O)c1ccc(C(=O)OCOC(=O)c2ccc(C(=O)OCOC(=O)c3ccc(C(=O)OCOC(=O)c4ccc(C(=O)OCOC(=O)c5ccc(C(C)=O)cc5)cc4)cc3)cc2)cc1. The maximum atomic E-state index is 12.5. The normalized spacial score (nSPS) is 10.3. The van der Waals surface area contributed by atoms with E-state index < -0.39 is 80.9 Å². The highest BCUT2D eigenvalue weighted by molar-refractivity contribution is 5.98. The lowest BCUT2D eigenvalue weighted by atomic mass is 10.1. The van der Waals surface area contributed by atoms with Crippen LogP contribution in [0.2, 0.25) is 0 Å². The molecule has 5 rings (SSSR count). The highest BCUT2D eigenvalue weighted by Gasteiger charge is 2.18. The Kier molecular flexibility index (Phi) is 17.6. The van der Waals surface area contributed by atoms with Gasteiger partial charge >= 0.3 is 53.7 Å². The van der Waals surface area contributed by atoms with Gasteiger partial charge in [-0.05, 0) is 116 Å². The third-order valence-electron chi connectivity index (χ3n) is 8.78. The summed E-state index contributed by atoms with van der Waals surface area (Å²) in [6, 6.07) is 26.0. The van der Waals surface area contributed by atoms with Crippen LogP contribution in [0.15, 0.2) is 121 Å². The second-order valence-electron chi connectivity index (χ2n) is 13.2. The van der Waals surface area contributed by atoms with E-state index >= 15 is 0 Å². The van der Waals surface area contributed by atoms with Gasteiger partial charge in [0, 0.05) is 12.7 Å². The van der Waals surface area contributed by atoms with Crippen molar-refractivity contribution >= 4 is 59.5 Å². The molecular formula is C47H36O20. The molecule has 0 fully saturated rings. The van der Waals surface area contributed by atoms with E-state index in [1.165, 1.54) is 135 Å². The lowest BCUT2D eigenvalue weighted by Gasteiger charge is -2.09. The molecule has 0 aromatic heterocycles. The molecule has 0 atom stereocenters. The molecule has 0 aliphatic heterocycles. The van der Waals surface area contributed by atoms with Crippen LogP contribution < -0.4 is 0 Å². The zero-order valence-electron chi connectivity index (χ0n) is 35.2. The zero-order chi connectivity index (χ0) is 48.3. The summed E-state index contributed by atoms with van der Waals surface area (Å²) in [7, 11) is 1.36. The summed E-state index contributed by atoms with van der Waals surface area (Å²) in [6.07, 6.45) is 0. The second-order valence-corrected chi connectivity index (χ2v) is 13.2. The number of rotatable bonds is 20. The molecule has 20 heteroatoms. The fourth-order valence-electron chi connectivity index (χ4n) is 5.22. The van der Waals surface area contributed by atoms with Gasteiger partial charge in [0.2, 0.25) is 27.2 Å². The number of esters is 9. The fourth-order valence-corrected chi connectivity index (χ4v) is 5.22. The first-order valence-corrected chi connectivity index (χ1v) is 19.3. The molecule has 0 aliphatic carbocycles. The third kappa shape index (κ3) is 14.5. The van der Waals surface area contributed by atoms with E-state index in [1.807, 2.05) is 0 Å². The van der Waals surface area contributed by atoms with Crippen LogP contribution in [0.3, 0.4) is 0 Å². The number of methoxy groups -OCH3 is 1. The van der Waals surface area contributed by atoms with Crippen LogP contribution in [0.1, 0.15) is 111 Å². The Morgan fingerprint density at radius 2 is 0.388 bits per heavy atom. The van der Waals surface area contributed by atoms with Crippen LogP contribution in [0.4, 0.5) is 0 Å². The average Bonchev–Trinajstić information content (AvgIpc) is 3.35. The Morgan fingerprint density at radius 3 is 0.522 bits per heavy atom. The van der Waals surface area contributed by atoms with Gasteiger partial charge < -0.3 is 47.4 Å². The van der Waals surface area contributed by atoms with Crippen molar-refractivity contribution < 1.29 is 95.3 Å². The smallest absolute Gasteiger partial charge is 0.340 e. The van der Waals surface area contributed by atoms with Gasteiger partial charge in [0.05, 0.1) is 50.1 Å². The number of carbonyl (C=O) groups is 10. The Balaban J connectivity index is 0.955. The molecule has 0 radical (unpaired) electrons. The largest absolute Gasteiger partial charge is 0.435 e. The van der Waals surface area contributed by atoms with E-state index in [0.717, 1.165) is 0 Å². The van der Waals surface area contributed by atoms with Gasteiger partial charge in [-0.15, -0.1) is 0 Å². The molecule has 0 saturated heterocycles. The van der Waals surface area contributed by atoms with E-state index in [0.29, 0.717) is 5.56 Å². The first kappa shape index (κ1) is 49.0. The van der Waals surface area contributed by atoms with Gasteiger partial charge in [0.25, 0.3) is 0 Å². The van der Waals surface area contributed by atoms with E-state index in [9.17, 15) is 47.9 Å². The van der Waals surface area contributed by atoms with Crippen LogP contribution in [-0.4, -0.2) is 101 Å². The Hall–Kier alpha value is -9.04. The molecule has 344 valence electrons. The highest BCUT2D eigenvalue weighted by atomic mass is 16.7. The van der Waals surface area contributed by atoms with Crippen LogP contribution in [0, 0.1) is 0 Å². The molecule has 5 aromatic rings. The van der Waals surface area contributed by atoms with Gasteiger partial charge in [0.15, 0.2) is 12.6 Å². The molecule has 0 aliphatic rings. The number of hydrogen-bond donors (Lipinski definition) is 0. The topological polar surface area (TPSA) is 263 Å². The maximum Gasteiger partial charge on any atom is 0.340 e. The van der Waals surface area contributed by atoms with E-state index in [4.69, 9.17) is 42.6 Å². The average molecular weight is 921 g/mol. The van der Waals surface area contributed by atoms with Crippen molar-refractivity contribution in [3.63, 3.8) is 0 Å². The number of ether oxygens (including phenoxy) is 10. The van der Waals surface area contributed by atoms with E-state index in [1.54, 1.807) is 0 Å². The summed E-state index contributed by atoms with van der Waals surface area (Å²) in [5.41, 5.74) is 0.810. The lowest BCUT2D eigenvalue weighted by molar-refractivity contribution is -0.0187. The van der Waals surface area contributed by atoms with Crippen molar-refractivity contribution in [2.75, 3.05) is 41.1 Å². The van der Waals surface area contributed by atoms with Gasteiger partial charge in [-0.3, -0.25) is 4.79 Å². The zero-order valence-corrected chi connectivity index (χ0v) is 35.2. The quantitative estimate of drug-likeness (QED) is 0.0402. The fraction of sp³-hybridized carbons (Fsp3) is 0.149. The minimum atomic E-state index is -0.906. The van der Waals surface area contributed by atoms with Crippen molar-refractivity contribution in [2.24, 2.45) is 0 Å². The minimum Gasteiger partial charge on any atom is -0.435 e. The summed E-state index contributed by atoms with van der Waals surface area (Å²) in [5.74, 6) is -7.76. The van der Waals surface area contributed by atoms with Crippen LogP contribution in [0.5, 0.6) is 0 Å². The minimum absolute atomic E-state index is 0.00322. The molecule has 0 unspecified atom stereocenters. The summed E-state index contributed by atoms with van der Waals surface area (Å²) in [5, 5.41) is 0. The molecule has 0 bridgehead atoms. The molecular weight excluding hydrogens is 884 g/mol. The van der Waals surface area contributed by atoms with Crippen molar-refractivity contribution in [1.82, 2.24) is 0 Å². The highest BCUT2D eigenvalue weighted by Crippen LogP contribution is 2.14. The van der Waals surface area contributed by atoms with Gasteiger partial charge in [-0.25, -0.2) is 43.2 Å². The van der Waals surface area contributed by atoms with Crippen molar-refractivity contribution in [2.45, 2.75) is 6.92 Å². The summed E-state index contributed by atoms with van der Waals surface area (Å²) in [6.45, 7) is -1.84. The second kappa shape index (κ2) is 24.1. The predicted octanol–water partition coefficient (Wildman–Crippen LogP) is 5.54. The Bertz CT molecular complexity index is 2620. The first-order chi connectivity index (χ1) is 32.2. The van der Waals surface area contributed by atoms with Crippen LogP contribution in [0.25, 0.3) is 0 Å². The third-order valence-corrected chi connectivity index (χ3v) is 8.78. The molecule has 20 nitrogen and oxygen atoms in total. The molecule has 0 saturated carbocycles. The molecule has 0 N–H and O–H groups in total. The summed E-state index contributed by atoms with van der Waals surface area (Å²) >= 11 is 0. The molecule has 0 heterocycles. The predicted molar refractivity (Wildman–Crippen MR) is 222 cm³/mol. The number of Topliss-reactive ketones (excluding diaryl/α,β-unsaturated/α-hetero) is 1. The molecule has 67 heavy (non-hydrogen) atoms. The van der Waals surface area contributed by atoms with Gasteiger partial charge in [-0.1, -0.05) is 12.1 Å². The molecule has 0 amide bonds. The van der Waals surface area contributed by atoms with E-state index in [-0.39, 0.29) is 62.6 Å². The van der Waals surface area contributed by atoms with Gasteiger partial charge in [0.1, 0.15) is 0 Å². The standard InChI is InChI=1S/C47H36O20/c1-28(48)29-3-5-30(6-4-29)40(50)60-24-61-42(52)33-11-13-34(14-12-33)44(54)64-26-65-46(56)37-19-21-38(22-20-37)47(57)67-27-66-45(55)36-17-15-35(16-18-36)43(53)63-25-62-41(51)32-9-7-31(8-10-32)39(49)59-23-58-2/h3-22H,23-27H2,1-2H3. The Morgan fingerprint density at radius 1 is 0.254 bits per heavy atom. The Labute approximate surface area is 379 Å². The van der Waals surface area contributed by atoms with Gasteiger partial charge in [-0.2, -0.15) is 0 Å². The van der Waals surface area contributed by atoms with Crippen LogP contribution >= 0.6 is 0 Å². The van der Waals surface area contributed by atoms with E-state index in [2.05, 4.69) is 4.74 Å². The van der Waals surface area contributed by atoms with Crippen molar-refractivity contribution in [3.05, 3.63) is 177 Å². The number of hydrogen-bond acceptors (Lipinski definition) is 20. The summed E-state index contributed by atoms with van der Waals surface area (Å²) < 4.78 is 49.0. The van der Waals surface area contributed by atoms with Crippen molar-refractivity contribution in [1.29, 1.82) is 0 Å². The molecule has 0 spiro atoms.